The number of aromatic nitrogens is 1. The van der Waals surface area contributed by atoms with Crippen molar-refractivity contribution in [1.29, 1.82) is 0 Å². The van der Waals surface area contributed by atoms with E-state index in [4.69, 9.17) is 5.11 Å². The summed E-state index contributed by atoms with van der Waals surface area (Å²) in [5, 5.41) is 13.3. The Morgan fingerprint density at radius 1 is 1.48 bits per heavy atom. The zero-order valence-electron chi connectivity index (χ0n) is 11.7. The fourth-order valence-corrected chi connectivity index (χ4v) is 2.37. The number of nitrogens with zero attached hydrogens (tertiary/aromatic N) is 1. The molecule has 0 saturated heterocycles. The molecule has 2 aromatic rings. The molecule has 0 fully saturated rings. The molecule has 0 unspecified atom stereocenters. The molecule has 21 heavy (non-hydrogen) atoms. The van der Waals surface area contributed by atoms with Gasteiger partial charge in [0.05, 0.1) is 17.0 Å². The fourth-order valence-electron chi connectivity index (χ4n) is 1.61. The third-order valence-corrected chi connectivity index (χ3v) is 3.58. The van der Waals surface area contributed by atoms with Gasteiger partial charge < -0.3 is 10.4 Å². The third-order valence-electron chi connectivity index (χ3n) is 2.74. The van der Waals surface area contributed by atoms with Crippen molar-refractivity contribution >= 4 is 17.2 Å². The molecule has 0 aliphatic carbocycles. The third kappa shape index (κ3) is 4.71. The molecule has 0 aromatic carbocycles. The van der Waals surface area contributed by atoms with Crippen molar-refractivity contribution < 1.29 is 9.90 Å². The molecule has 2 aromatic heterocycles. The predicted octanol–water partition coefficient (Wildman–Crippen LogP) is 2.12. The molecule has 5 heteroatoms. The number of thiophene rings is 1. The van der Waals surface area contributed by atoms with Crippen molar-refractivity contribution in [3.63, 3.8) is 0 Å². The molecule has 0 atom stereocenters. The van der Waals surface area contributed by atoms with Gasteiger partial charge in [0.2, 0.25) is 0 Å². The topological polar surface area (TPSA) is 62.2 Å². The maximum absolute atomic E-state index is 12.0. The number of hydrogen-bond acceptors (Lipinski definition) is 4. The number of pyridine rings is 1. The molecule has 2 rings (SSSR count). The van der Waals surface area contributed by atoms with Gasteiger partial charge in [0, 0.05) is 30.2 Å². The number of rotatable bonds is 4. The summed E-state index contributed by atoms with van der Waals surface area (Å²) in [6.45, 7) is 2.43. The van der Waals surface area contributed by atoms with E-state index in [2.05, 4.69) is 22.1 Å². The Morgan fingerprint density at radius 3 is 3.05 bits per heavy atom. The highest BCUT2D eigenvalue weighted by molar-refractivity contribution is 7.10. The molecule has 0 spiro atoms. The molecule has 0 radical (unpaired) electrons. The van der Waals surface area contributed by atoms with Crippen LogP contribution in [-0.2, 0) is 6.54 Å². The van der Waals surface area contributed by atoms with Gasteiger partial charge in [0.15, 0.2) is 0 Å². The standard InChI is InChI=1S/C16H16N2O2S/c1-12-5-6-13(9-17-12)10-18-16(20)14-8-15(21-11-14)4-2-3-7-19/h5-6,8-9,11,19H,3,7,10H2,1H3,(H,18,20). The van der Waals surface area contributed by atoms with Gasteiger partial charge in [-0.25, -0.2) is 0 Å². The summed E-state index contributed by atoms with van der Waals surface area (Å²) in [5.41, 5.74) is 2.52. The van der Waals surface area contributed by atoms with Crippen molar-refractivity contribution in [1.82, 2.24) is 10.3 Å². The van der Waals surface area contributed by atoms with Gasteiger partial charge in [-0.2, -0.15) is 0 Å². The van der Waals surface area contributed by atoms with E-state index < -0.39 is 0 Å². The van der Waals surface area contributed by atoms with Gasteiger partial charge in [0.25, 0.3) is 5.91 Å². The SMILES string of the molecule is Cc1ccc(CNC(=O)c2csc(C#CCCO)c2)cn1. The summed E-state index contributed by atoms with van der Waals surface area (Å²) < 4.78 is 0. The Bertz CT molecular complexity index is 666. The zero-order chi connectivity index (χ0) is 15.1. The summed E-state index contributed by atoms with van der Waals surface area (Å²) in [6, 6.07) is 5.63. The molecule has 0 aliphatic rings. The normalized spacial score (nSPS) is 9.81. The molecule has 0 bridgehead atoms. The monoisotopic (exact) mass is 300 g/mol. The van der Waals surface area contributed by atoms with Crippen LogP contribution in [0.25, 0.3) is 0 Å². The van der Waals surface area contributed by atoms with Crippen LogP contribution in [0.2, 0.25) is 0 Å². The lowest BCUT2D eigenvalue weighted by atomic mass is 10.2. The molecule has 0 saturated carbocycles. The van der Waals surface area contributed by atoms with Crippen LogP contribution in [-0.4, -0.2) is 22.6 Å². The first-order valence-corrected chi connectivity index (χ1v) is 7.45. The van der Waals surface area contributed by atoms with E-state index >= 15 is 0 Å². The van der Waals surface area contributed by atoms with Crippen molar-refractivity contribution in [2.45, 2.75) is 19.9 Å². The van der Waals surface area contributed by atoms with Crippen LogP contribution in [0.15, 0.2) is 29.8 Å². The van der Waals surface area contributed by atoms with E-state index in [-0.39, 0.29) is 12.5 Å². The first kappa shape index (κ1) is 15.2. The van der Waals surface area contributed by atoms with E-state index in [0.29, 0.717) is 18.5 Å². The smallest absolute Gasteiger partial charge is 0.252 e. The number of hydrogen-bond donors (Lipinski definition) is 2. The molecular formula is C16H16N2O2S. The molecule has 0 aliphatic heterocycles. The maximum Gasteiger partial charge on any atom is 0.252 e. The summed E-state index contributed by atoms with van der Waals surface area (Å²) in [6.07, 6.45) is 2.20. The minimum absolute atomic E-state index is 0.0519. The molecule has 2 N–H and O–H groups in total. The molecule has 1 amide bonds. The number of carbonyl (C=O) groups excluding carboxylic acids is 1. The Balaban J connectivity index is 1.92. The second kappa shape index (κ2) is 7.58. The fraction of sp³-hybridized carbons (Fsp3) is 0.250. The van der Waals surface area contributed by atoms with Crippen molar-refractivity contribution in [3.8, 4) is 11.8 Å². The predicted molar refractivity (Wildman–Crippen MR) is 83.0 cm³/mol. The van der Waals surface area contributed by atoms with Crippen LogP contribution >= 0.6 is 11.3 Å². The van der Waals surface area contributed by atoms with Crippen molar-refractivity contribution in [2.75, 3.05) is 6.61 Å². The highest BCUT2D eigenvalue weighted by atomic mass is 32.1. The summed E-state index contributed by atoms with van der Waals surface area (Å²) in [7, 11) is 0. The van der Waals surface area contributed by atoms with Crippen LogP contribution in [0.3, 0.4) is 0 Å². The number of carbonyl (C=O) groups is 1. The minimum atomic E-state index is -0.123. The van der Waals surface area contributed by atoms with Gasteiger partial charge in [0.1, 0.15) is 0 Å². The van der Waals surface area contributed by atoms with Gasteiger partial charge in [-0.1, -0.05) is 17.9 Å². The largest absolute Gasteiger partial charge is 0.395 e. The summed E-state index contributed by atoms with van der Waals surface area (Å²) in [5.74, 6) is 5.63. The lowest BCUT2D eigenvalue weighted by Gasteiger charge is -2.03. The van der Waals surface area contributed by atoms with E-state index in [1.54, 1.807) is 17.6 Å². The van der Waals surface area contributed by atoms with E-state index in [1.807, 2.05) is 19.1 Å². The van der Waals surface area contributed by atoms with Gasteiger partial charge in [-0.15, -0.1) is 11.3 Å². The Kier molecular flexibility index (Phi) is 5.50. The number of aliphatic hydroxyl groups is 1. The second-order valence-electron chi connectivity index (χ2n) is 4.47. The van der Waals surface area contributed by atoms with Crippen LogP contribution < -0.4 is 5.32 Å². The minimum Gasteiger partial charge on any atom is -0.395 e. The molecule has 4 nitrogen and oxygen atoms in total. The zero-order valence-corrected chi connectivity index (χ0v) is 12.5. The maximum atomic E-state index is 12.0. The second-order valence-corrected chi connectivity index (χ2v) is 5.38. The number of amides is 1. The van der Waals surface area contributed by atoms with Gasteiger partial charge in [-0.3, -0.25) is 9.78 Å². The Morgan fingerprint density at radius 2 is 2.33 bits per heavy atom. The van der Waals surface area contributed by atoms with Crippen molar-refractivity contribution in [3.05, 3.63) is 51.5 Å². The molecule has 108 valence electrons. The molecular weight excluding hydrogens is 284 g/mol. The average molecular weight is 300 g/mol. The quantitative estimate of drug-likeness (QED) is 0.850. The lowest BCUT2D eigenvalue weighted by molar-refractivity contribution is 0.0951. The number of nitrogens with one attached hydrogen (secondary N) is 1. The van der Waals surface area contributed by atoms with E-state index in [1.165, 1.54) is 11.3 Å². The first-order chi connectivity index (χ1) is 10.2. The van der Waals surface area contributed by atoms with Crippen LogP contribution in [0, 0.1) is 18.8 Å². The molecule has 2 heterocycles. The van der Waals surface area contributed by atoms with Gasteiger partial charge in [-0.05, 0) is 24.6 Å². The van der Waals surface area contributed by atoms with E-state index in [9.17, 15) is 4.79 Å². The highest BCUT2D eigenvalue weighted by Gasteiger charge is 2.07. The van der Waals surface area contributed by atoms with Crippen LogP contribution in [0.1, 0.15) is 32.9 Å². The number of aliphatic hydroxyl groups excluding tert-OH is 1. The highest BCUT2D eigenvalue weighted by Crippen LogP contribution is 2.13. The Hall–Kier alpha value is -2.16. The van der Waals surface area contributed by atoms with Gasteiger partial charge >= 0.3 is 0 Å². The first-order valence-electron chi connectivity index (χ1n) is 6.57. The summed E-state index contributed by atoms with van der Waals surface area (Å²) in [4.78, 5) is 17.0. The van der Waals surface area contributed by atoms with Crippen molar-refractivity contribution in [2.24, 2.45) is 0 Å². The van der Waals surface area contributed by atoms with E-state index in [0.717, 1.165) is 16.1 Å². The van der Waals surface area contributed by atoms with Crippen LogP contribution in [0.4, 0.5) is 0 Å². The number of aryl methyl sites for hydroxylation is 1. The Labute approximate surface area is 127 Å². The average Bonchev–Trinajstić information content (AvgIpc) is 2.96. The van der Waals surface area contributed by atoms with Crippen LogP contribution in [0.5, 0.6) is 0 Å². The lowest BCUT2D eigenvalue weighted by Crippen LogP contribution is -2.22. The summed E-state index contributed by atoms with van der Waals surface area (Å²) >= 11 is 1.42.